The lowest BCUT2D eigenvalue weighted by atomic mass is 10.1. The van der Waals surface area contributed by atoms with Crippen LogP contribution in [0.4, 0.5) is 15.8 Å². The van der Waals surface area contributed by atoms with Crippen molar-refractivity contribution in [3.63, 3.8) is 0 Å². The second-order valence-electron chi connectivity index (χ2n) is 4.21. The zero-order valence-electron chi connectivity index (χ0n) is 9.53. The summed E-state index contributed by atoms with van der Waals surface area (Å²) in [5, 5.41) is 2.50. The molecule has 0 saturated heterocycles. The summed E-state index contributed by atoms with van der Waals surface area (Å²) < 4.78 is 13.4. The van der Waals surface area contributed by atoms with Gasteiger partial charge in [-0.05, 0) is 36.6 Å². The van der Waals surface area contributed by atoms with Gasteiger partial charge in [0.05, 0.1) is 0 Å². The van der Waals surface area contributed by atoms with E-state index < -0.39 is 12.1 Å². The second kappa shape index (κ2) is 5.49. The van der Waals surface area contributed by atoms with Crippen LogP contribution in [-0.2, 0) is 4.79 Å². The molecule has 0 saturated carbocycles. The van der Waals surface area contributed by atoms with Crippen LogP contribution in [0.5, 0.6) is 0 Å². The van der Waals surface area contributed by atoms with Gasteiger partial charge in [0.15, 0.2) is 6.17 Å². The van der Waals surface area contributed by atoms with E-state index in [2.05, 4.69) is 5.32 Å². The van der Waals surface area contributed by atoms with Crippen LogP contribution in [0.2, 0.25) is 0 Å². The van der Waals surface area contributed by atoms with Crippen LogP contribution < -0.4 is 11.1 Å². The molecule has 0 radical (unpaired) electrons. The third-order valence-electron chi connectivity index (χ3n) is 2.14. The van der Waals surface area contributed by atoms with E-state index in [-0.39, 0.29) is 12.3 Å². The molecule has 1 amide bonds. The lowest BCUT2D eigenvalue weighted by Crippen LogP contribution is -2.25. The summed E-state index contributed by atoms with van der Waals surface area (Å²) in [5.74, 6) is -0.439. The third-order valence-corrected chi connectivity index (χ3v) is 2.14. The number of amides is 1. The van der Waals surface area contributed by atoms with Crippen LogP contribution in [0.25, 0.3) is 0 Å². The molecule has 1 aromatic carbocycles. The molecular weight excluding hydrogens is 207 g/mol. The number of rotatable bonds is 4. The Balaban J connectivity index is 2.54. The van der Waals surface area contributed by atoms with Crippen molar-refractivity contribution in [1.82, 2.24) is 0 Å². The predicted molar refractivity (Wildman–Crippen MR) is 63.8 cm³/mol. The largest absolute Gasteiger partial charge is 0.399 e. The topological polar surface area (TPSA) is 55.1 Å². The minimum absolute atomic E-state index is 0.159. The van der Waals surface area contributed by atoms with E-state index in [0.717, 1.165) is 0 Å². The van der Waals surface area contributed by atoms with E-state index in [1.165, 1.54) is 0 Å². The lowest BCUT2D eigenvalue weighted by Gasteiger charge is -2.11. The Morgan fingerprint density at radius 1 is 1.38 bits per heavy atom. The van der Waals surface area contributed by atoms with E-state index >= 15 is 0 Å². The number of anilines is 2. The minimum atomic E-state index is -1.46. The second-order valence-corrected chi connectivity index (χ2v) is 4.21. The Labute approximate surface area is 94.8 Å². The Morgan fingerprint density at radius 3 is 2.44 bits per heavy atom. The van der Waals surface area contributed by atoms with Crippen LogP contribution in [-0.4, -0.2) is 12.1 Å². The van der Waals surface area contributed by atoms with Gasteiger partial charge in [-0.1, -0.05) is 13.8 Å². The van der Waals surface area contributed by atoms with Crippen molar-refractivity contribution in [2.24, 2.45) is 5.92 Å². The van der Waals surface area contributed by atoms with Crippen molar-refractivity contribution in [3.8, 4) is 0 Å². The summed E-state index contributed by atoms with van der Waals surface area (Å²) >= 11 is 0. The predicted octanol–water partition coefficient (Wildman–Crippen LogP) is 2.59. The molecule has 4 heteroatoms. The molecule has 3 nitrogen and oxygen atoms in total. The fraction of sp³-hybridized carbons (Fsp3) is 0.417. The van der Waals surface area contributed by atoms with E-state index in [1.807, 2.05) is 13.8 Å². The first-order valence-corrected chi connectivity index (χ1v) is 5.29. The fourth-order valence-electron chi connectivity index (χ4n) is 1.31. The summed E-state index contributed by atoms with van der Waals surface area (Å²) in [7, 11) is 0. The van der Waals surface area contributed by atoms with Crippen LogP contribution >= 0.6 is 0 Å². The van der Waals surface area contributed by atoms with Crippen molar-refractivity contribution in [2.75, 3.05) is 11.1 Å². The normalized spacial score (nSPS) is 12.5. The third kappa shape index (κ3) is 3.88. The Hall–Kier alpha value is -1.58. The lowest BCUT2D eigenvalue weighted by molar-refractivity contribution is -0.121. The number of nitrogens with one attached hydrogen (secondary N) is 1. The molecule has 0 bridgehead atoms. The smallest absolute Gasteiger partial charge is 0.258 e. The molecule has 0 aliphatic carbocycles. The van der Waals surface area contributed by atoms with Gasteiger partial charge in [0.1, 0.15) is 0 Å². The molecular formula is C12H17FN2O. The first-order valence-electron chi connectivity index (χ1n) is 5.29. The summed E-state index contributed by atoms with van der Waals surface area (Å²) in [5.41, 5.74) is 6.67. The number of hydrogen-bond acceptors (Lipinski definition) is 2. The van der Waals surface area contributed by atoms with Gasteiger partial charge < -0.3 is 11.1 Å². The molecule has 3 N–H and O–H groups in total. The molecule has 0 aliphatic rings. The first kappa shape index (κ1) is 12.5. The Bertz CT molecular complexity index is 349. The minimum Gasteiger partial charge on any atom is -0.399 e. The van der Waals surface area contributed by atoms with Gasteiger partial charge in [0.2, 0.25) is 0 Å². The van der Waals surface area contributed by atoms with Crippen LogP contribution in [0.1, 0.15) is 20.3 Å². The summed E-state index contributed by atoms with van der Waals surface area (Å²) in [6.07, 6.45) is -1.22. The zero-order chi connectivity index (χ0) is 12.1. The van der Waals surface area contributed by atoms with Gasteiger partial charge in [-0.25, -0.2) is 4.39 Å². The van der Waals surface area contributed by atoms with Gasteiger partial charge in [-0.2, -0.15) is 0 Å². The summed E-state index contributed by atoms with van der Waals surface area (Å²) in [6, 6.07) is 6.61. The van der Waals surface area contributed by atoms with Crippen molar-refractivity contribution in [2.45, 2.75) is 26.4 Å². The van der Waals surface area contributed by atoms with Gasteiger partial charge in [0, 0.05) is 11.4 Å². The van der Waals surface area contributed by atoms with E-state index in [1.54, 1.807) is 24.3 Å². The average Bonchev–Trinajstić information content (AvgIpc) is 2.20. The standard InChI is InChI=1S/C12H17FN2O/c1-8(2)7-11(13)12(16)15-10-5-3-9(14)4-6-10/h3-6,8,11H,7,14H2,1-2H3,(H,15,16)/t11-/m0/s1. The Morgan fingerprint density at radius 2 is 1.94 bits per heavy atom. The number of hydrogen-bond donors (Lipinski definition) is 2. The van der Waals surface area contributed by atoms with Gasteiger partial charge in [-0.3, -0.25) is 4.79 Å². The highest BCUT2D eigenvalue weighted by molar-refractivity contribution is 5.94. The number of carbonyl (C=O) groups is 1. The SMILES string of the molecule is CC(C)C[C@H](F)C(=O)Nc1ccc(N)cc1. The van der Waals surface area contributed by atoms with Crippen molar-refractivity contribution in [3.05, 3.63) is 24.3 Å². The van der Waals surface area contributed by atoms with Gasteiger partial charge >= 0.3 is 0 Å². The van der Waals surface area contributed by atoms with E-state index in [9.17, 15) is 9.18 Å². The van der Waals surface area contributed by atoms with Crippen LogP contribution in [0.15, 0.2) is 24.3 Å². The van der Waals surface area contributed by atoms with E-state index in [0.29, 0.717) is 11.4 Å². The van der Waals surface area contributed by atoms with Gasteiger partial charge in [0.25, 0.3) is 5.91 Å². The maximum absolute atomic E-state index is 13.4. The maximum atomic E-state index is 13.4. The molecule has 0 aliphatic heterocycles. The molecule has 16 heavy (non-hydrogen) atoms. The van der Waals surface area contributed by atoms with Crippen LogP contribution in [0.3, 0.4) is 0 Å². The molecule has 1 aromatic rings. The molecule has 88 valence electrons. The monoisotopic (exact) mass is 224 g/mol. The number of carbonyl (C=O) groups excluding carboxylic acids is 1. The number of alkyl halides is 1. The molecule has 0 heterocycles. The molecule has 1 atom stereocenters. The highest BCUT2D eigenvalue weighted by atomic mass is 19.1. The number of nitrogens with two attached hydrogens (primary N) is 1. The van der Waals surface area contributed by atoms with Crippen molar-refractivity contribution < 1.29 is 9.18 Å². The van der Waals surface area contributed by atoms with Crippen molar-refractivity contribution >= 4 is 17.3 Å². The van der Waals surface area contributed by atoms with Gasteiger partial charge in [-0.15, -0.1) is 0 Å². The molecule has 0 unspecified atom stereocenters. The highest BCUT2D eigenvalue weighted by Crippen LogP contribution is 2.14. The number of nitrogen functional groups attached to an aromatic ring is 1. The molecule has 0 spiro atoms. The summed E-state index contributed by atoms with van der Waals surface area (Å²) in [6.45, 7) is 3.76. The number of halogens is 1. The van der Waals surface area contributed by atoms with Crippen molar-refractivity contribution in [1.29, 1.82) is 0 Å². The average molecular weight is 224 g/mol. The number of benzene rings is 1. The molecule has 0 fully saturated rings. The molecule has 1 rings (SSSR count). The Kier molecular flexibility index (Phi) is 4.28. The summed E-state index contributed by atoms with van der Waals surface area (Å²) in [4.78, 5) is 11.4. The fourth-order valence-corrected chi connectivity index (χ4v) is 1.31. The highest BCUT2D eigenvalue weighted by Gasteiger charge is 2.18. The quantitative estimate of drug-likeness (QED) is 0.772. The molecule has 0 aromatic heterocycles. The maximum Gasteiger partial charge on any atom is 0.258 e. The van der Waals surface area contributed by atoms with Crippen LogP contribution in [0, 0.1) is 5.92 Å². The zero-order valence-corrected chi connectivity index (χ0v) is 9.53. The first-order chi connectivity index (χ1) is 7.49. The van der Waals surface area contributed by atoms with E-state index in [4.69, 9.17) is 5.73 Å².